The highest BCUT2D eigenvalue weighted by Gasteiger charge is 2.18. The molecule has 0 radical (unpaired) electrons. The molecule has 2 rings (SSSR count). The summed E-state index contributed by atoms with van der Waals surface area (Å²) in [6.07, 6.45) is -0.171. The fraction of sp³-hybridized carbons (Fsp3) is 0.562. The van der Waals surface area contributed by atoms with Crippen LogP contribution in [0.25, 0.3) is 0 Å². The van der Waals surface area contributed by atoms with E-state index in [-0.39, 0.29) is 25.1 Å². The van der Waals surface area contributed by atoms with Crippen molar-refractivity contribution in [2.75, 3.05) is 46.4 Å². The van der Waals surface area contributed by atoms with E-state index in [1.807, 2.05) is 6.92 Å². The topological polar surface area (TPSA) is 42.0 Å². The smallest absolute Gasteiger partial charge is 0.344 e. The summed E-state index contributed by atoms with van der Waals surface area (Å²) in [4.78, 5) is 16.4. The van der Waals surface area contributed by atoms with Gasteiger partial charge in [0, 0.05) is 37.7 Å². The zero-order chi connectivity index (χ0) is 16.8. The van der Waals surface area contributed by atoms with E-state index in [1.165, 1.54) is 0 Å². The van der Waals surface area contributed by atoms with Gasteiger partial charge in [-0.2, -0.15) is 0 Å². The minimum atomic E-state index is -0.405. The first kappa shape index (κ1) is 21.3. The Labute approximate surface area is 159 Å². The Bertz CT molecular complexity index is 537. The Morgan fingerprint density at radius 3 is 2.54 bits per heavy atom. The maximum atomic E-state index is 11.9. The summed E-state index contributed by atoms with van der Waals surface area (Å²) >= 11 is 11.8. The van der Waals surface area contributed by atoms with E-state index >= 15 is 0 Å². The van der Waals surface area contributed by atoms with Crippen LogP contribution in [-0.2, 0) is 9.53 Å². The van der Waals surface area contributed by atoms with Gasteiger partial charge in [0.15, 0.2) is 6.61 Å². The summed E-state index contributed by atoms with van der Waals surface area (Å²) in [6.45, 7) is 6.53. The Hall–Kier alpha value is -0.720. The third-order valence-electron chi connectivity index (χ3n) is 3.68. The van der Waals surface area contributed by atoms with Crippen LogP contribution in [-0.4, -0.2) is 68.3 Å². The van der Waals surface area contributed by atoms with Crippen molar-refractivity contribution < 1.29 is 14.3 Å². The minimum Gasteiger partial charge on any atom is -0.480 e. The SMILES string of the molecule is CC(CN1CCN(C)CC1)OC(=O)COc1ccc(Cl)cc1Cl.Cl. The number of nitrogens with zero attached hydrogens (tertiary/aromatic N) is 2. The quantitative estimate of drug-likeness (QED) is 0.690. The Morgan fingerprint density at radius 1 is 1.25 bits per heavy atom. The van der Waals surface area contributed by atoms with Gasteiger partial charge in [0.25, 0.3) is 0 Å². The molecule has 0 N–H and O–H groups in total. The van der Waals surface area contributed by atoms with E-state index in [4.69, 9.17) is 32.7 Å². The monoisotopic (exact) mass is 396 g/mol. The molecule has 0 saturated carbocycles. The van der Waals surface area contributed by atoms with Crippen LogP contribution in [0.4, 0.5) is 0 Å². The largest absolute Gasteiger partial charge is 0.480 e. The number of ether oxygens (including phenoxy) is 2. The molecule has 5 nitrogen and oxygen atoms in total. The first-order valence-electron chi connectivity index (χ1n) is 7.62. The molecule has 1 unspecified atom stereocenters. The zero-order valence-corrected chi connectivity index (χ0v) is 16.2. The highest BCUT2D eigenvalue weighted by Crippen LogP contribution is 2.27. The van der Waals surface area contributed by atoms with E-state index in [2.05, 4.69) is 16.8 Å². The van der Waals surface area contributed by atoms with Crippen molar-refractivity contribution in [1.82, 2.24) is 9.80 Å². The average Bonchev–Trinajstić information content (AvgIpc) is 2.48. The van der Waals surface area contributed by atoms with Crippen LogP contribution in [0.3, 0.4) is 0 Å². The van der Waals surface area contributed by atoms with Crippen LogP contribution in [0.5, 0.6) is 5.75 Å². The summed E-state index contributed by atoms with van der Waals surface area (Å²) in [7, 11) is 2.11. The second-order valence-electron chi connectivity index (χ2n) is 5.77. The van der Waals surface area contributed by atoms with Crippen LogP contribution in [0.2, 0.25) is 10.0 Å². The van der Waals surface area contributed by atoms with Crippen molar-refractivity contribution in [3.05, 3.63) is 28.2 Å². The number of piperazine rings is 1. The Kier molecular flexibility index (Phi) is 9.16. The predicted octanol–water partition coefficient (Wildman–Crippen LogP) is 2.97. The summed E-state index contributed by atoms with van der Waals surface area (Å²) in [6, 6.07) is 4.86. The van der Waals surface area contributed by atoms with Gasteiger partial charge in [-0.05, 0) is 32.2 Å². The van der Waals surface area contributed by atoms with Crippen molar-refractivity contribution in [1.29, 1.82) is 0 Å². The highest BCUT2D eigenvalue weighted by molar-refractivity contribution is 6.35. The Balaban J connectivity index is 0.00000288. The normalized spacial score (nSPS) is 17.0. The van der Waals surface area contributed by atoms with Crippen molar-refractivity contribution in [2.24, 2.45) is 0 Å². The predicted molar refractivity (Wildman–Crippen MR) is 98.7 cm³/mol. The number of benzene rings is 1. The number of rotatable bonds is 6. The molecule has 0 aliphatic carbocycles. The molecular formula is C16H23Cl3N2O3. The van der Waals surface area contributed by atoms with E-state index in [0.717, 1.165) is 32.7 Å². The lowest BCUT2D eigenvalue weighted by Gasteiger charge is -2.33. The maximum absolute atomic E-state index is 11.9. The summed E-state index contributed by atoms with van der Waals surface area (Å²) in [5.74, 6) is 0.0115. The molecule has 1 atom stereocenters. The standard InChI is InChI=1S/C16H22Cl2N2O3.ClH/c1-12(10-20-7-5-19(2)6-8-20)23-16(21)11-22-15-4-3-13(17)9-14(15)18;/h3-4,9,12H,5-8,10-11H2,1-2H3;1H. The lowest BCUT2D eigenvalue weighted by Crippen LogP contribution is -2.47. The number of halogens is 3. The van der Waals surface area contributed by atoms with Crippen molar-refractivity contribution >= 4 is 41.6 Å². The first-order valence-corrected chi connectivity index (χ1v) is 8.38. The van der Waals surface area contributed by atoms with Gasteiger partial charge in [-0.25, -0.2) is 4.79 Å². The third kappa shape index (κ3) is 7.03. The van der Waals surface area contributed by atoms with E-state index < -0.39 is 5.97 Å². The van der Waals surface area contributed by atoms with Crippen molar-refractivity contribution in [3.63, 3.8) is 0 Å². The molecule has 0 bridgehead atoms. The van der Waals surface area contributed by atoms with E-state index in [0.29, 0.717) is 15.8 Å². The molecule has 24 heavy (non-hydrogen) atoms. The Morgan fingerprint density at radius 2 is 1.92 bits per heavy atom. The van der Waals surface area contributed by atoms with E-state index in [9.17, 15) is 4.79 Å². The first-order chi connectivity index (χ1) is 10.9. The van der Waals surface area contributed by atoms with Crippen LogP contribution in [0.1, 0.15) is 6.92 Å². The van der Waals surface area contributed by atoms with Crippen LogP contribution in [0.15, 0.2) is 18.2 Å². The van der Waals surface area contributed by atoms with Gasteiger partial charge >= 0.3 is 5.97 Å². The second kappa shape index (κ2) is 10.3. The minimum absolute atomic E-state index is 0. The molecule has 1 aliphatic rings. The maximum Gasteiger partial charge on any atom is 0.344 e. The molecule has 1 fully saturated rings. The lowest BCUT2D eigenvalue weighted by molar-refractivity contribution is -0.151. The molecule has 0 aromatic heterocycles. The van der Waals surface area contributed by atoms with Crippen molar-refractivity contribution in [2.45, 2.75) is 13.0 Å². The molecule has 0 spiro atoms. The average molecular weight is 398 g/mol. The number of esters is 1. The third-order valence-corrected chi connectivity index (χ3v) is 4.21. The molecular weight excluding hydrogens is 375 g/mol. The second-order valence-corrected chi connectivity index (χ2v) is 6.61. The molecule has 1 aliphatic heterocycles. The number of hydrogen-bond acceptors (Lipinski definition) is 5. The number of likely N-dealkylation sites (N-methyl/N-ethyl adjacent to an activating group) is 1. The van der Waals surface area contributed by atoms with Crippen LogP contribution < -0.4 is 4.74 Å². The molecule has 1 heterocycles. The van der Waals surface area contributed by atoms with Gasteiger partial charge in [-0.15, -0.1) is 12.4 Å². The van der Waals surface area contributed by atoms with Gasteiger partial charge in [0.2, 0.25) is 0 Å². The fourth-order valence-electron chi connectivity index (χ4n) is 2.42. The molecule has 136 valence electrons. The van der Waals surface area contributed by atoms with Crippen molar-refractivity contribution in [3.8, 4) is 5.75 Å². The molecule has 1 saturated heterocycles. The highest BCUT2D eigenvalue weighted by atomic mass is 35.5. The van der Waals surface area contributed by atoms with Gasteiger partial charge in [0.05, 0.1) is 5.02 Å². The van der Waals surface area contributed by atoms with Gasteiger partial charge in [0.1, 0.15) is 11.9 Å². The van der Waals surface area contributed by atoms with E-state index in [1.54, 1.807) is 18.2 Å². The molecule has 8 heteroatoms. The summed E-state index contributed by atoms with van der Waals surface area (Å²) in [5, 5.41) is 0.890. The number of carbonyl (C=O) groups is 1. The summed E-state index contributed by atoms with van der Waals surface area (Å²) in [5.41, 5.74) is 0. The molecule has 1 aromatic carbocycles. The van der Waals surface area contributed by atoms with Gasteiger partial charge < -0.3 is 14.4 Å². The fourth-order valence-corrected chi connectivity index (χ4v) is 2.88. The van der Waals surface area contributed by atoms with Gasteiger partial charge in [-0.3, -0.25) is 4.90 Å². The zero-order valence-electron chi connectivity index (χ0n) is 13.8. The summed E-state index contributed by atoms with van der Waals surface area (Å²) < 4.78 is 10.8. The van der Waals surface area contributed by atoms with Crippen LogP contribution in [0, 0.1) is 0 Å². The molecule has 0 amide bonds. The lowest BCUT2D eigenvalue weighted by atomic mass is 10.3. The number of carbonyl (C=O) groups excluding carboxylic acids is 1. The number of hydrogen-bond donors (Lipinski definition) is 0. The van der Waals surface area contributed by atoms with Crippen LogP contribution >= 0.6 is 35.6 Å². The molecule has 1 aromatic rings. The van der Waals surface area contributed by atoms with Gasteiger partial charge in [-0.1, -0.05) is 23.2 Å².